The number of hydrogen-bond acceptors (Lipinski definition) is 7. The molecule has 1 aliphatic heterocycles. The molecule has 1 N–H and O–H groups in total. The lowest BCUT2D eigenvalue weighted by Gasteiger charge is -2.40. The van der Waals surface area contributed by atoms with Crippen molar-refractivity contribution in [3.8, 4) is 17.0 Å². The van der Waals surface area contributed by atoms with Gasteiger partial charge in [-0.3, -0.25) is 0 Å². The maximum absolute atomic E-state index is 14.8. The number of rotatable bonds is 5. The number of aromatic nitrogens is 4. The zero-order valence-electron chi connectivity index (χ0n) is 21.2. The summed E-state index contributed by atoms with van der Waals surface area (Å²) in [5.74, 6) is -5.28. The molecule has 9 nitrogen and oxygen atoms in total. The lowest BCUT2D eigenvalue weighted by molar-refractivity contribution is -0.140. The van der Waals surface area contributed by atoms with E-state index in [9.17, 15) is 35.5 Å². The molecule has 0 amide bonds. The summed E-state index contributed by atoms with van der Waals surface area (Å²) in [4.78, 5) is 10.6. The number of halogens is 5. The summed E-state index contributed by atoms with van der Waals surface area (Å²) >= 11 is 0. The van der Waals surface area contributed by atoms with Crippen molar-refractivity contribution >= 4 is 27.0 Å². The third kappa shape index (κ3) is 5.06. The van der Waals surface area contributed by atoms with Crippen molar-refractivity contribution in [1.29, 1.82) is 0 Å². The first-order valence-electron chi connectivity index (χ1n) is 12.0. The number of piperazine rings is 1. The minimum absolute atomic E-state index is 0.0693. The second kappa shape index (κ2) is 9.96. The van der Waals surface area contributed by atoms with Gasteiger partial charge in [0.2, 0.25) is 16.0 Å². The van der Waals surface area contributed by atoms with Gasteiger partial charge in [0, 0.05) is 44.5 Å². The molecule has 0 spiro atoms. The Bertz CT molecular complexity index is 1700. The van der Waals surface area contributed by atoms with Crippen LogP contribution in [0.15, 0.2) is 42.6 Å². The molecule has 1 aliphatic rings. The summed E-state index contributed by atoms with van der Waals surface area (Å²) in [7, 11) is -2.07. The number of aromatic hydroxyl groups is 1. The molecule has 2 aromatic carbocycles. The van der Waals surface area contributed by atoms with Crippen LogP contribution in [0.25, 0.3) is 22.3 Å². The van der Waals surface area contributed by atoms with Gasteiger partial charge in [0.25, 0.3) is 0 Å². The standard InChI is InChI=1S/C25H23F5N6O3S/c1-34-23-17(21(33-34)16-11-18(25(28,29)30)20(27)22(37)19(16)26)12-31-24(32-23)35-8-9-36(40(2,38)39)15(13-35)10-14-6-4-3-5-7-14/h3-7,11-12,15,37H,8-10,13H2,1-2H3/t15-/m1/s1. The van der Waals surface area contributed by atoms with E-state index in [1.54, 1.807) is 4.90 Å². The predicted octanol–water partition coefficient (Wildman–Crippen LogP) is 3.73. The van der Waals surface area contributed by atoms with Crippen molar-refractivity contribution in [2.75, 3.05) is 30.8 Å². The summed E-state index contributed by atoms with van der Waals surface area (Å²) in [6, 6.07) is 9.20. The Morgan fingerprint density at radius 1 is 1.10 bits per heavy atom. The molecule has 0 bridgehead atoms. The Balaban J connectivity index is 1.52. The average molecular weight is 583 g/mol. The van der Waals surface area contributed by atoms with E-state index in [1.807, 2.05) is 30.3 Å². The fourth-order valence-electron chi connectivity index (χ4n) is 4.89. The molecular weight excluding hydrogens is 559 g/mol. The lowest BCUT2D eigenvalue weighted by Crippen LogP contribution is -2.56. The molecule has 0 aliphatic carbocycles. The van der Waals surface area contributed by atoms with Crippen LogP contribution in [0.5, 0.6) is 5.75 Å². The number of phenolic OH excluding ortho intramolecular Hbond substituents is 1. The smallest absolute Gasteiger partial charge is 0.419 e. The quantitative estimate of drug-likeness (QED) is 0.358. The first-order valence-corrected chi connectivity index (χ1v) is 13.8. The molecule has 4 aromatic rings. The minimum atomic E-state index is -5.19. The molecule has 212 valence electrons. The van der Waals surface area contributed by atoms with E-state index in [-0.39, 0.29) is 48.4 Å². The molecule has 0 radical (unpaired) electrons. The normalized spacial score (nSPS) is 17.1. The second-order valence-electron chi connectivity index (χ2n) is 9.49. The van der Waals surface area contributed by atoms with Gasteiger partial charge in [0.05, 0.1) is 17.2 Å². The second-order valence-corrected chi connectivity index (χ2v) is 11.4. The van der Waals surface area contributed by atoms with Gasteiger partial charge in [0.15, 0.2) is 23.0 Å². The number of anilines is 1. The van der Waals surface area contributed by atoms with Gasteiger partial charge < -0.3 is 10.0 Å². The minimum Gasteiger partial charge on any atom is -0.503 e. The van der Waals surface area contributed by atoms with Gasteiger partial charge in [-0.05, 0) is 18.1 Å². The maximum Gasteiger partial charge on any atom is 0.419 e. The highest BCUT2D eigenvalue weighted by Gasteiger charge is 2.38. The van der Waals surface area contributed by atoms with Crippen LogP contribution in [0, 0.1) is 11.6 Å². The first-order chi connectivity index (χ1) is 18.8. The van der Waals surface area contributed by atoms with Gasteiger partial charge in [0.1, 0.15) is 5.69 Å². The molecule has 1 saturated heterocycles. The molecular formula is C25H23F5N6O3S. The Morgan fingerprint density at radius 3 is 2.45 bits per heavy atom. The van der Waals surface area contributed by atoms with E-state index < -0.39 is 50.8 Å². The zero-order chi connectivity index (χ0) is 29.0. The number of nitrogens with zero attached hydrogens (tertiary/aromatic N) is 6. The fraction of sp³-hybridized carbons (Fsp3) is 0.320. The van der Waals surface area contributed by atoms with Crippen LogP contribution >= 0.6 is 0 Å². The average Bonchev–Trinajstić information content (AvgIpc) is 3.22. The highest BCUT2D eigenvalue weighted by atomic mass is 32.2. The van der Waals surface area contributed by atoms with Crippen LogP contribution < -0.4 is 4.90 Å². The van der Waals surface area contributed by atoms with E-state index in [0.29, 0.717) is 6.42 Å². The molecule has 3 heterocycles. The molecule has 5 rings (SSSR count). The van der Waals surface area contributed by atoms with Crippen LogP contribution in [-0.4, -0.2) is 69.5 Å². The van der Waals surface area contributed by atoms with Crippen molar-refractivity contribution in [2.24, 2.45) is 7.05 Å². The first kappa shape index (κ1) is 27.7. The molecule has 15 heteroatoms. The summed E-state index contributed by atoms with van der Waals surface area (Å²) in [5, 5.41) is 13.9. The van der Waals surface area contributed by atoms with Crippen molar-refractivity contribution in [1.82, 2.24) is 24.1 Å². The number of phenols is 1. The van der Waals surface area contributed by atoms with Crippen LogP contribution in [0.4, 0.5) is 27.9 Å². The van der Waals surface area contributed by atoms with Crippen molar-refractivity contribution < 1.29 is 35.5 Å². The molecule has 2 aromatic heterocycles. The van der Waals surface area contributed by atoms with E-state index >= 15 is 0 Å². The summed E-state index contributed by atoms with van der Waals surface area (Å²) in [6.07, 6.45) is -2.35. The van der Waals surface area contributed by atoms with Gasteiger partial charge in [-0.25, -0.2) is 26.9 Å². The molecule has 40 heavy (non-hydrogen) atoms. The number of aryl methyl sites for hydroxylation is 1. The van der Waals surface area contributed by atoms with E-state index in [0.717, 1.165) is 11.8 Å². The number of hydrogen-bond donors (Lipinski definition) is 1. The summed E-state index contributed by atoms with van der Waals surface area (Å²) in [5.41, 5.74) is -1.84. The van der Waals surface area contributed by atoms with Gasteiger partial charge in [-0.2, -0.15) is 27.6 Å². The Kier molecular flexibility index (Phi) is 6.90. The SMILES string of the molecule is Cn1nc(-c2cc(C(F)(F)F)c(F)c(O)c2F)c2cnc(N3CCN(S(C)(=O)=O)[C@H](Cc4ccccc4)C3)nc21. The lowest BCUT2D eigenvalue weighted by atomic mass is 10.0. The summed E-state index contributed by atoms with van der Waals surface area (Å²) in [6.45, 7) is 0.701. The van der Waals surface area contributed by atoms with E-state index in [1.165, 1.54) is 22.2 Å². The summed E-state index contributed by atoms with van der Waals surface area (Å²) < 4.78 is 96.3. The fourth-order valence-corrected chi connectivity index (χ4v) is 5.99. The molecule has 0 saturated carbocycles. The van der Waals surface area contributed by atoms with Crippen LogP contribution in [0.1, 0.15) is 11.1 Å². The Labute approximate surface area is 225 Å². The van der Waals surface area contributed by atoms with Crippen LogP contribution in [-0.2, 0) is 29.7 Å². The maximum atomic E-state index is 14.8. The zero-order valence-corrected chi connectivity index (χ0v) is 22.0. The third-order valence-electron chi connectivity index (χ3n) is 6.76. The van der Waals surface area contributed by atoms with Crippen molar-refractivity contribution in [2.45, 2.75) is 18.6 Å². The Morgan fingerprint density at radius 2 is 1.80 bits per heavy atom. The number of benzene rings is 2. The number of sulfonamides is 1. The highest BCUT2D eigenvalue weighted by Crippen LogP contribution is 2.41. The molecule has 1 atom stereocenters. The van der Waals surface area contributed by atoms with Crippen LogP contribution in [0.2, 0.25) is 0 Å². The largest absolute Gasteiger partial charge is 0.503 e. The topological polar surface area (TPSA) is 104 Å². The monoisotopic (exact) mass is 582 g/mol. The highest BCUT2D eigenvalue weighted by molar-refractivity contribution is 7.88. The van der Waals surface area contributed by atoms with E-state index in [4.69, 9.17) is 0 Å². The molecule has 0 unspecified atom stereocenters. The van der Waals surface area contributed by atoms with Gasteiger partial charge in [-0.1, -0.05) is 30.3 Å². The number of alkyl halides is 3. The van der Waals surface area contributed by atoms with E-state index in [2.05, 4.69) is 15.1 Å². The third-order valence-corrected chi connectivity index (χ3v) is 8.09. The van der Waals surface area contributed by atoms with Crippen LogP contribution in [0.3, 0.4) is 0 Å². The predicted molar refractivity (Wildman–Crippen MR) is 136 cm³/mol. The van der Waals surface area contributed by atoms with Crippen molar-refractivity contribution in [3.63, 3.8) is 0 Å². The van der Waals surface area contributed by atoms with Gasteiger partial charge >= 0.3 is 6.18 Å². The van der Waals surface area contributed by atoms with Gasteiger partial charge in [-0.15, -0.1) is 0 Å². The number of fused-ring (bicyclic) bond motifs is 1. The molecule has 1 fully saturated rings. The van der Waals surface area contributed by atoms with Crippen molar-refractivity contribution in [3.05, 3.63) is 65.4 Å². The Hall–Kier alpha value is -3.85.